The molecule has 0 radical (unpaired) electrons. The fourth-order valence-electron chi connectivity index (χ4n) is 4.07. The van der Waals surface area contributed by atoms with Crippen LogP contribution in [-0.4, -0.2) is 58.1 Å². The van der Waals surface area contributed by atoms with E-state index < -0.39 is 31.2 Å². The molecule has 1 saturated heterocycles. The highest BCUT2D eigenvalue weighted by atomic mass is 32.1. The molecule has 11 heteroatoms. The van der Waals surface area contributed by atoms with Gasteiger partial charge in [-0.1, -0.05) is 55.4 Å². The predicted molar refractivity (Wildman–Crippen MR) is 167 cm³/mol. The predicted octanol–water partition coefficient (Wildman–Crippen LogP) is 7.20. The van der Waals surface area contributed by atoms with Gasteiger partial charge in [-0.15, -0.1) is 0 Å². The maximum absolute atomic E-state index is 12.0. The summed E-state index contributed by atoms with van der Waals surface area (Å²) in [4.78, 5) is 26.0. The van der Waals surface area contributed by atoms with E-state index in [1.165, 1.54) is 6.07 Å². The minimum Gasteiger partial charge on any atom is -0.432 e. The molecule has 0 aromatic carbocycles. The first kappa shape index (κ1) is 33.8. The number of aromatic amines is 1. The van der Waals surface area contributed by atoms with Crippen molar-refractivity contribution >= 4 is 37.2 Å². The molecule has 0 aliphatic carbocycles. The smallest absolute Gasteiger partial charge is 0.251 e. The first-order chi connectivity index (χ1) is 16.8. The van der Waals surface area contributed by atoms with Crippen LogP contribution in [-0.2, 0) is 13.6 Å². The third-order valence-corrected chi connectivity index (χ3v) is 22.5. The van der Waals surface area contributed by atoms with Crippen LogP contribution in [0.3, 0.4) is 0 Å². The van der Waals surface area contributed by atoms with Crippen LogP contribution in [0, 0.1) is 10.7 Å². The molecule has 0 bridgehead atoms. The van der Waals surface area contributed by atoms with Crippen molar-refractivity contribution in [2.75, 3.05) is 6.61 Å². The normalized spacial score (nSPS) is 24.2. The van der Waals surface area contributed by atoms with Crippen molar-refractivity contribution in [1.82, 2.24) is 9.55 Å². The molecule has 4 atom stereocenters. The molecule has 2 N–H and O–H groups in total. The van der Waals surface area contributed by atoms with Gasteiger partial charge in [0.2, 0.25) is 0 Å². The lowest BCUT2D eigenvalue weighted by molar-refractivity contribution is -0.0440. The molecule has 0 saturated carbocycles. The topological polar surface area (TPSA) is 85.7 Å². The zero-order valence-electron chi connectivity index (χ0n) is 26.3. The van der Waals surface area contributed by atoms with Gasteiger partial charge in [-0.2, -0.15) is 0 Å². The van der Waals surface area contributed by atoms with Gasteiger partial charge in [-0.05, 0) is 73.0 Å². The van der Waals surface area contributed by atoms with Gasteiger partial charge in [0.05, 0.1) is 12.7 Å². The molecule has 2 heterocycles. The minimum atomic E-state index is -2.54. The second-order valence-electron chi connectivity index (χ2n) is 15.3. The molecule has 220 valence electrons. The summed E-state index contributed by atoms with van der Waals surface area (Å²) in [7, 11) is -6.80. The summed E-state index contributed by atoms with van der Waals surface area (Å²) in [6.07, 6.45) is 1.42. The van der Waals surface area contributed by atoms with Gasteiger partial charge in [-0.25, -0.2) is 0 Å². The van der Waals surface area contributed by atoms with Crippen molar-refractivity contribution in [2.24, 2.45) is 5.92 Å². The number of hydrogen-bond acceptors (Lipinski definition) is 6. The number of aromatic nitrogens is 2. The molecule has 1 aliphatic rings. The Bertz CT molecular complexity index is 1080. The van der Waals surface area contributed by atoms with Crippen molar-refractivity contribution in [1.29, 1.82) is 0 Å². The molecule has 1 aliphatic heterocycles. The molecule has 1 aromatic heterocycles. The van der Waals surface area contributed by atoms with E-state index >= 15 is 0 Å². The number of ether oxygens (including phenoxy) is 1. The van der Waals surface area contributed by atoms with Gasteiger partial charge in [0.15, 0.2) is 29.7 Å². The Morgan fingerprint density at radius 3 is 1.97 bits per heavy atom. The number of nitrogens with zero attached hydrogens (tertiary/aromatic N) is 1. The molecule has 2 rings (SSSR count). The van der Waals surface area contributed by atoms with E-state index in [-0.39, 0.29) is 38.8 Å². The Balaban J connectivity index is 2.65. The Labute approximate surface area is 239 Å². The first-order valence-corrected chi connectivity index (χ1v) is 23.0. The van der Waals surface area contributed by atoms with Crippen LogP contribution in [0.25, 0.3) is 0 Å². The van der Waals surface area contributed by atoms with Gasteiger partial charge in [0.25, 0.3) is 5.56 Å². The summed E-state index contributed by atoms with van der Waals surface area (Å²) in [6, 6.07) is 1.48. The Kier molecular flexibility index (Phi) is 9.88. The van der Waals surface area contributed by atoms with Gasteiger partial charge in [-0.3, -0.25) is 14.3 Å². The summed E-state index contributed by atoms with van der Waals surface area (Å²) >= 11 is 5.59. The summed E-state index contributed by atoms with van der Waals surface area (Å²) < 4.78 is 22.9. The molecule has 1 fully saturated rings. The van der Waals surface area contributed by atoms with Gasteiger partial charge in [0.1, 0.15) is 12.3 Å². The van der Waals surface area contributed by atoms with Crippen molar-refractivity contribution < 1.29 is 18.4 Å². The monoisotopic (exact) mass is 602 g/mol. The van der Waals surface area contributed by atoms with Crippen LogP contribution < -0.4 is 5.56 Å². The van der Waals surface area contributed by atoms with Crippen LogP contribution in [0.4, 0.5) is 0 Å². The van der Waals surface area contributed by atoms with Crippen molar-refractivity contribution in [3.63, 3.8) is 0 Å². The SMILES string of the molecule is CC(C)(C[C@H]1C(O[Si](C)(C)C(C)(C)C)[C@@H](CO[Si](C)(C)C(C)(C)C)O[C@H]1n1ccc(=O)[nH]c1=S)[Si](C)(C)O. The number of H-pyrrole nitrogens is 1. The lowest BCUT2D eigenvalue weighted by Gasteiger charge is -2.44. The summed E-state index contributed by atoms with van der Waals surface area (Å²) in [5, 5.41) is -0.237. The molecule has 0 spiro atoms. The Morgan fingerprint density at radius 2 is 1.53 bits per heavy atom. The molecular formula is C27H54N2O5SSi3. The maximum atomic E-state index is 12.0. The molecule has 38 heavy (non-hydrogen) atoms. The zero-order valence-corrected chi connectivity index (χ0v) is 30.1. The minimum absolute atomic E-state index is 0.00922. The van der Waals surface area contributed by atoms with Crippen molar-refractivity contribution in [3.8, 4) is 0 Å². The second kappa shape index (κ2) is 11.1. The van der Waals surface area contributed by atoms with E-state index in [0.29, 0.717) is 17.8 Å². The molecular weight excluding hydrogens is 549 g/mol. The van der Waals surface area contributed by atoms with Gasteiger partial charge in [0, 0.05) is 18.2 Å². The first-order valence-electron chi connectivity index (χ1n) is 13.8. The van der Waals surface area contributed by atoms with Crippen LogP contribution in [0.2, 0.25) is 54.4 Å². The molecule has 1 unspecified atom stereocenters. The highest BCUT2D eigenvalue weighted by molar-refractivity contribution is 7.71. The lowest BCUT2D eigenvalue weighted by Crippen LogP contribution is -2.51. The standard InChI is InChI=1S/C27H54N2O5SSi3/c1-25(2,3)37(11,12)32-18-20-22(34-38(13,14)26(4,5)6)19(17-27(7,8)36(9,10)31)23(33-20)29-16-15-21(30)28-24(29)35/h15-16,19-20,22-23,31H,17-18H2,1-14H3,(H,28,30,35)/t19-,20+,22?,23+/m0/s1. The highest BCUT2D eigenvalue weighted by Crippen LogP contribution is 2.51. The highest BCUT2D eigenvalue weighted by Gasteiger charge is 2.54. The van der Waals surface area contributed by atoms with E-state index in [9.17, 15) is 9.59 Å². The van der Waals surface area contributed by atoms with Crippen LogP contribution in [0.1, 0.15) is 68.0 Å². The molecule has 7 nitrogen and oxygen atoms in total. The molecule has 0 amide bonds. The maximum Gasteiger partial charge on any atom is 0.251 e. The third kappa shape index (κ3) is 7.45. The van der Waals surface area contributed by atoms with Gasteiger partial charge < -0.3 is 18.4 Å². The average Bonchev–Trinajstić information content (AvgIpc) is 3.00. The van der Waals surface area contributed by atoms with E-state index in [4.69, 9.17) is 25.8 Å². The van der Waals surface area contributed by atoms with E-state index in [1.54, 1.807) is 6.20 Å². The Hall–Kier alpha value is -0.409. The van der Waals surface area contributed by atoms with Crippen LogP contribution in [0.5, 0.6) is 0 Å². The zero-order chi connectivity index (χ0) is 29.7. The number of nitrogens with one attached hydrogen (secondary N) is 1. The van der Waals surface area contributed by atoms with Gasteiger partial charge >= 0.3 is 0 Å². The number of rotatable bonds is 9. The third-order valence-electron chi connectivity index (χ3n) is 9.65. The Morgan fingerprint density at radius 1 is 1.00 bits per heavy atom. The summed E-state index contributed by atoms with van der Waals surface area (Å²) in [5.41, 5.74) is -0.239. The summed E-state index contributed by atoms with van der Waals surface area (Å²) in [6.45, 7) is 31.2. The van der Waals surface area contributed by atoms with Crippen LogP contribution in [0.15, 0.2) is 17.1 Å². The van der Waals surface area contributed by atoms with Crippen LogP contribution >= 0.6 is 12.2 Å². The fraction of sp³-hybridized carbons (Fsp3) is 0.852. The van der Waals surface area contributed by atoms with Crippen molar-refractivity contribution in [3.05, 3.63) is 27.4 Å². The van der Waals surface area contributed by atoms with E-state index in [2.05, 4.69) is 86.6 Å². The molecule has 1 aromatic rings. The quantitative estimate of drug-likeness (QED) is 0.230. The average molecular weight is 603 g/mol. The largest absolute Gasteiger partial charge is 0.432 e. The van der Waals surface area contributed by atoms with Crippen molar-refractivity contribution in [2.45, 2.75) is 135 Å². The summed E-state index contributed by atoms with van der Waals surface area (Å²) in [5.74, 6) is -0.0938. The van der Waals surface area contributed by atoms with E-state index in [1.807, 2.05) is 17.7 Å². The number of hydrogen-bond donors (Lipinski definition) is 2. The van der Waals surface area contributed by atoms with E-state index in [0.717, 1.165) is 0 Å². The second-order valence-corrected chi connectivity index (χ2v) is 29.7. The lowest BCUT2D eigenvalue weighted by atomic mass is 9.89. The fourth-order valence-corrected chi connectivity index (χ4v) is 7.45.